The molecule has 0 aliphatic rings. The van der Waals surface area contributed by atoms with Crippen molar-refractivity contribution in [2.24, 2.45) is 5.10 Å². The minimum absolute atomic E-state index is 0.148. The number of hydrogen-bond donors (Lipinski definition) is 1. The van der Waals surface area contributed by atoms with Crippen LogP contribution in [0.3, 0.4) is 0 Å². The highest BCUT2D eigenvalue weighted by atomic mass is 32.1. The normalized spacial score (nSPS) is 12.1. The first-order chi connectivity index (χ1) is 11.3. The number of nitrogens with zero attached hydrogens (tertiary/aromatic N) is 3. The fourth-order valence-electron chi connectivity index (χ4n) is 1.81. The molecule has 0 unspecified atom stereocenters. The van der Waals surface area contributed by atoms with Crippen LogP contribution in [0.15, 0.2) is 39.9 Å². The van der Waals surface area contributed by atoms with Gasteiger partial charge in [0.15, 0.2) is 5.76 Å². The van der Waals surface area contributed by atoms with Crippen molar-refractivity contribution in [3.05, 3.63) is 51.8 Å². The summed E-state index contributed by atoms with van der Waals surface area (Å²) in [6, 6.07) is 5.78. The van der Waals surface area contributed by atoms with E-state index < -0.39 is 22.5 Å². The number of fused-ring (bicyclic) bond motifs is 1. The van der Waals surface area contributed by atoms with Crippen LogP contribution in [0.1, 0.15) is 11.3 Å². The number of rotatable bonds is 4. The van der Waals surface area contributed by atoms with Crippen LogP contribution in [-0.2, 0) is 6.18 Å². The zero-order valence-corrected chi connectivity index (χ0v) is 12.4. The Kier molecular flexibility index (Phi) is 3.93. The van der Waals surface area contributed by atoms with Gasteiger partial charge in [-0.25, -0.2) is 4.98 Å². The minimum Gasteiger partial charge on any atom is -0.400 e. The number of aromatic nitrogens is 1. The molecule has 24 heavy (non-hydrogen) atoms. The molecule has 0 spiro atoms. The molecule has 0 radical (unpaired) electrons. The number of nitrogens with one attached hydrogen (secondary N) is 1. The topological polar surface area (TPSA) is 93.6 Å². The highest BCUT2D eigenvalue weighted by Gasteiger charge is 2.30. The van der Waals surface area contributed by atoms with Crippen molar-refractivity contribution >= 4 is 38.8 Å². The second-order valence-electron chi connectivity index (χ2n) is 4.50. The second kappa shape index (κ2) is 5.92. The van der Waals surface area contributed by atoms with E-state index in [0.717, 1.165) is 23.5 Å². The smallest absolute Gasteiger partial charge is 0.400 e. The molecular formula is C13H7F3N4O3S. The highest BCUT2D eigenvalue weighted by Crippen LogP contribution is 2.34. The Labute approximate surface area is 135 Å². The zero-order chi connectivity index (χ0) is 17.3. The van der Waals surface area contributed by atoms with E-state index in [2.05, 4.69) is 15.5 Å². The molecule has 0 atom stereocenters. The molecule has 0 amide bonds. The SMILES string of the molecule is O=[N+]([O-])c1ccc(/C=N\Nc2nc3ccc(C(F)(F)F)cc3s2)o1. The first-order valence-corrected chi connectivity index (χ1v) is 7.16. The number of nitro groups is 1. The van der Waals surface area contributed by atoms with Crippen LogP contribution in [0.5, 0.6) is 0 Å². The van der Waals surface area contributed by atoms with Crippen LogP contribution in [0.25, 0.3) is 10.2 Å². The largest absolute Gasteiger partial charge is 0.433 e. The summed E-state index contributed by atoms with van der Waals surface area (Å²) in [5.74, 6) is -0.272. The number of halogens is 3. The predicted molar refractivity (Wildman–Crippen MR) is 81.2 cm³/mol. The van der Waals surface area contributed by atoms with Gasteiger partial charge in [-0.1, -0.05) is 11.3 Å². The molecule has 124 valence electrons. The molecule has 0 aliphatic carbocycles. The predicted octanol–water partition coefficient (Wildman–Crippen LogP) is 4.26. The zero-order valence-electron chi connectivity index (χ0n) is 11.6. The Balaban J connectivity index is 1.75. The first-order valence-electron chi connectivity index (χ1n) is 6.34. The molecule has 11 heteroatoms. The van der Waals surface area contributed by atoms with Gasteiger partial charge in [-0.2, -0.15) is 18.3 Å². The number of alkyl halides is 3. The van der Waals surface area contributed by atoms with E-state index in [1.54, 1.807) is 0 Å². The van der Waals surface area contributed by atoms with Gasteiger partial charge in [-0.05, 0) is 24.3 Å². The van der Waals surface area contributed by atoms with Gasteiger partial charge in [0.1, 0.15) is 4.92 Å². The monoisotopic (exact) mass is 356 g/mol. The quantitative estimate of drug-likeness (QED) is 0.428. The van der Waals surface area contributed by atoms with Crippen molar-refractivity contribution in [3.63, 3.8) is 0 Å². The lowest BCUT2D eigenvalue weighted by Crippen LogP contribution is -2.03. The van der Waals surface area contributed by atoms with Crippen molar-refractivity contribution in [3.8, 4) is 0 Å². The van der Waals surface area contributed by atoms with Gasteiger partial charge in [-0.15, -0.1) is 0 Å². The van der Waals surface area contributed by atoms with Crippen LogP contribution < -0.4 is 5.43 Å². The summed E-state index contributed by atoms with van der Waals surface area (Å²) >= 11 is 0.998. The fourth-order valence-corrected chi connectivity index (χ4v) is 2.66. The van der Waals surface area contributed by atoms with Crippen LogP contribution in [-0.4, -0.2) is 16.1 Å². The van der Waals surface area contributed by atoms with E-state index in [-0.39, 0.29) is 10.9 Å². The lowest BCUT2D eigenvalue weighted by atomic mass is 10.2. The maximum absolute atomic E-state index is 12.7. The minimum atomic E-state index is -4.42. The van der Waals surface area contributed by atoms with Crippen molar-refractivity contribution in [1.29, 1.82) is 0 Å². The second-order valence-corrected chi connectivity index (χ2v) is 5.53. The third-order valence-electron chi connectivity index (χ3n) is 2.86. The number of hydrazone groups is 1. The van der Waals surface area contributed by atoms with E-state index >= 15 is 0 Å². The fraction of sp³-hybridized carbons (Fsp3) is 0.0769. The molecule has 0 fully saturated rings. The maximum atomic E-state index is 12.7. The first kappa shape index (κ1) is 15.9. The van der Waals surface area contributed by atoms with Gasteiger partial charge in [0.05, 0.1) is 28.1 Å². The lowest BCUT2D eigenvalue weighted by molar-refractivity contribution is -0.402. The van der Waals surface area contributed by atoms with Crippen molar-refractivity contribution in [2.45, 2.75) is 6.18 Å². The molecule has 1 N–H and O–H groups in total. The number of benzene rings is 1. The summed E-state index contributed by atoms with van der Waals surface area (Å²) in [6.45, 7) is 0. The number of furan rings is 1. The van der Waals surface area contributed by atoms with Gasteiger partial charge in [0.2, 0.25) is 5.13 Å². The third kappa shape index (κ3) is 3.35. The highest BCUT2D eigenvalue weighted by molar-refractivity contribution is 7.22. The summed E-state index contributed by atoms with van der Waals surface area (Å²) < 4.78 is 43.2. The molecule has 0 saturated carbocycles. The molecule has 0 bridgehead atoms. The van der Waals surface area contributed by atoms with E-state index in [4.69, 9.17) is 4.42 Å². The van der Waals surface area contributed by atoms with Gasteiger partial charge < -0.3 is 4.42 Å². The summed E-state index contributed by atoms with van der Waals surface area (Å²) in [6.07, 6.45) is -3.22. The molecule has 3 rings (SSSR count). The molecule has 2 heterocycles. The standard InChI is InChI=1S/C13H7F3N4O3S/c14-13(15,16)7-1-3-9-10(5-7)24-12(18-9)19-17-6-8-2-4-11(23-8)20(21)22/h1-6H,(H,18,19)/b17-6-. The molecule has 0 saturated heterocycles. The van der Waals surface area contributed by atoms with Crippen LogP contribution in [0, 0.1) is 10.1 Å². The Morgan fingerprint density at radius 1 is 1.33 bits per heavy atom. The molecule has 3 aromatic rings. The van der Waals surface area contributed by atoms with Crippen molar-refractivity contribution in [2.75, 3.05) is 5.43 Å². The third-order valence-corrected chi connectivity index (χ3v) is 3.78. The van der Waals surface area contributed by atoms with E-state index in [1.807, 2.05) is 0 Å². The average molecular weight is 356 g/mol. The van der Waals surface area contributed by atoms with Gasteiger partial charge >= 0.3 is 12.1 Å². The van der Waals surface area contributed by atoms with Crippen LogP contribution in [0.4, 0.5) is 24.2 Å². The molecular weight excluding hydrogens is 349 g/mol. The number of hydrogen-bond acceptors (Lipinski definition) is 7. The van der Waals surface area contributed by atoms with Crippen LogP contribution in [0.2, 0.25) is 0 Å². The molecule has 0 aliphatic heterocycles. The maximum Gasteiger partial charge on any atom is 0.433 e. The Hall–Kier alpha value is -2.95. The summed E-state index contributed by atoms with van der Waals surface area (Å²) in [4.78, 5) is 13.9. The van der Waals surface area contributed by atoms with Gasteiger partial charge in [-0.3, -0.25) is 15.5 Å². The summed E-state index contributed by atoms with van der Waals surface area (Å²) in [5, 5.41) is 14.5. The van der Waals surface area contributed by atoms with Crippen molar-refractivity contribution in [1.82, 2.24) is 4.98 Å². The molecule has 2 aromatic heterocycles. The molecule has 7 nitrogen and oxygen atoms in total. The number of anilines is 1. The lowest BCUT2D eigenvalue weighted by Gasteiger charge is -2.04. The van der Waals surface area contributed by atoms with E-state index in [0.29, 0.717) is 10.2 Å². The molecule has 1 aromatic carbocycles. The van der Waals surface area contributed by atoms with Gasteiger partial charge in [0, 0.05) is 0 Å². The Morgan fingerprint density at radius 2 is 2.12 bits per heavy atom. The summed E-state index contributed by atoms with van der Waals surface area (Å²) in [7, 11) is 0. The van der Waals surface area contributed by atoms with Crippen molar-refractivity contribution < 1.29 is 22.5 Å². The Bertz CT molecular complexity index is 932. The summed E-state index contributed by atoms with van der Waals surface area (Å²) in [5.41, 5.74) is 2.19. The number of thiazole rings is 1. The Morgan fingerprint density at radius 3 is 2.79 bits per heavy atom. The van der Waals surface area contributed by atoms with E-state index in [1.165, 1.54) is 24.4 Å². The van der Waals surface area contributed by atoms with Gasteiger partial charge in [0.25, 0.3) is 0 Å². The van der Waals surface area contributed by atoms with E-state index in [9.17, 15) is 23.3 Å². The average Bonchev–Trinajstić information content (AvgIpc) is 3.11. The van der Waals surface area contributed by atoms with Crippen LogP contribution >= 0.6 is 11.3 Å².